The number of carbonyl (C=O) groups excluding carboxylic acids is 2. The van der Waals surface area contributed by atoms with Crippen LogP contribution in [0.15, 0.2) is 4.79 Å². The summed E-state index contributed by atoms with van der Waals surface area (Å²) < 4.78 is 0. The lowest BCUT2D eigenvalue weighted by Gasteiger charge is -2.23. The molecule has 0 aliphatic heterocycles. The second kappa shape index (κ2) is 10.4. The topological polar surface area (TPSA) is 86.4 Å². The van der Waals surface area contributed by atoms with Gasteiger partial charge in [-0.3, -0.25) is 14.4 Å². The Kier molecular flexibility index (Phi) is 7.93. The Bertz CT molecular complexity index is 965. The maximum absolute atomic E-state index is 12.6. The molecule has 30 heavy (non-hydrogen) atoms. The SMILES string of the molecule is CCN(CC)C(=O)CN(C)C(=O)CCSCc1nc2sc3c(c2c(=O)[nH]1)CCCC3. The van der Waals surface area contributed by atoms with Gasteiger partial charge in [0.2, 0.25) is 11.8 Å². The number of rotatable bonds is 9. The summed E-state index contributed by atoms with van der Waals surface area (Å²) in [7, 11) is 1.67. The number of aromatic amines is 1. The molecule has 2 heterocycles. The number of nitrogens with zero attached hydrogens (tertiary/aromatic N) is 3. The fourth-order valence-corrected chi connectivity index (χ4v) is 5.84. The summed E-state index contributed by atoms with van der Waals surface area (Å²) in [6.07, 6.45) is 4.70. The number of thioether (sulfide) groups is 1. The summed E-state index contributed by atoms with van der Waals surface area (Å²) in [5, 5.41) is 0.776. The van der Waals surface area contributed by atoms with Crippen molar-refractivity contribution in [2.75, 3.05) is 32.4 Å². The number of hydrogen-bond acceptors (Lipinski definition) is 6. The van der Waals surface area contributed by atoms with E-state index in [0.29, 0.717) is 36.8 Å². The van der Waals surface area contributed by atoms with Crippen LogP contribution in [-0.4, -0.2) is 64.0 Å². The van der Waals surface area contributed by atoms with Gasteiger partial charge in [-0.1, -0.05) is 0 Å². The van der Waals surface area contributed by atoms with Crippen LogP contribution in [0.25, 0.3) is 10.2 Å². The summed E-state index contributed by atoms with van der Waals surface area (Å²) in [4.78, 5) is 50.0. The summed E-state index contributed by atoms with van der Waals surface area (Å²) in [5.41, 5.74) is 1.16. The van der Waals surface area contributed by atoms with E-state index in [1.165, 1.54) is 21.8 Å². The number of H-pyrrole nitrogens is 1. The highest BCUT2D eigenvalue weighted by molar-refractivity contribution is 7.98. The minimum atomic E-state index is -0.0501. The van der Waals surface area contributed by atoms with E-state index in [0.717, 1.165) is 29.5 Å². The quantitative estimate of drug-likeness (QED) is 0.594. The normalized spacial score (nSPS) is 13.3. The first-order chi connectivity index (χ1) is 14.4. The number of likely N-dealkylation sites (N-methyl/N-ethyl adjacent to an activating group) is 2. The number of nitrogens with one attached hydrogen (secondary N) is 1. The lowest BCUT2D eigenvalue weighted by molar-refractivity contribution is -0.138. The molecule has 1 N–H and O–H groups in total. The van der Waals surface area contributed by atoms with Gasteiger partial charge in [0.1, 0.15) is 10.7 Å². The van der Waals surface area contributed by atoms with E-state index in [9.17, 15) is 14.4 Å². The molecule has 0 bridgehead atoms. The van der Waals surface area contributed by atoms with Crippen molar-refractivity contribution in [2.24, 2.45) is 0 Å². The van der Waals surface area contributed by atoms with Gasteiger partial charge in [0.15, 0.2) is 0 Å². The Morgan fingerprint density at radius 3 is 2.63 bits per heavy atom. The molecule has 3 rings (SSSR count). The van der Waals surface area contributed by atoms with E-state index < -0.39 is 0 Å². The van der Waals surface area contributed by atoms with E-state index in [4.69, 9.17) is 0 Å². The standard InChI is InChI=1S/C21H30N4O3S2/c1-4-25(5-2)18(27)12-24(3)17(26)10-11-29-13-16-22-20(28)19-14-8-6-7-9-15(14)30-21(19)23-16/h4-13H2,1-3H3,(H,22,23,28). The predicted octanol–water partition coefficient (Wildman–Crippen LogP) is 2.81. The molecule has 164 valence electrons. The zero-order valence-electron chi connectivity index (χ0n) is 18.0. The van der Waals surface area contributed by atoms with Crippen molar-refractivity contribution >= 4 is 45.1 Å². The van der Waals surface area contributed by atoms with Crippen LogP contribution in [0.2, 0.25) is 0 Å². The van der Waals surface area contributed by atoms with E-state index in [-0.39, 0.29) is 23.9 Å². The lowest BCUT2D eigenvalue weighted by atomic mass is 9.97. The monoisotopic (exact) mass is 450 g/mol. The Morgan fingerprint density at radius 2 is 1.90 bits per heavy atom. The number of carbonyl (C=O) groups is 2. The minimum absolute atomic E-state index is 0.0303. The third-order valence-electron chi connectivity index (χ3n) is 5.49. The first-order valence-electron chi connectivity index (χ1n) is 10.6. The minimum Gasteiger partial charge on any atom is -0.342 e. The van der Waals surface area contributed by atoms with Crippen molar-refractivity contribution in [1.82, 2.24) is 19.8 Å². The third kappa shape index (κ3) is 5.24. The van der Waals surface area contributed by atoms with Crippen molar-refractivity contribution in [2.45, 2.75) is 51.7 Å². The van der Waals surface area contributed by atoms with Gasteiger partial charge in [-0.25, -0.2) is 4.98 Å². The summed E-state index contributed by atoms with van der Waals surface area (Å²) in [6, 6.07) is 0. The van der Waals surface area contributed by atoms with Crippen molar-refractivity contribution in [3.8, 4) is 0 Å². The highest BCUT2D eigenvalue weighted by Crippen LogP contribution is 2.33. The van der Waals surface area contributed by atoms with Gasteiger partial charge in [-0.2, -0.15) is 11.8 Å². The molecule has 1 aliphatic rings. The van der Waals surface area contributed by atoms with Gasteiger partial charge in [0.25, 0.3) is 5.56 Å². The highest BCUT2D eigenvalue weighted by atomic mass is 32.2. The van der Waals surface area contributed by atoms with Crippen LogP contribution in [-0.2, 0) is 28.2 Å². The number of aryl methyl sites for hydroxylation is 2. The molecule has 0 aromatic carbocycles. The molecule has 0 atom stereocenters. The van der Waals surface area contributed by atoms with Crippen LogP contribution in [0.5, 0.6) is 0 Å². The molecule has 0 saturated carbocycles. The molecular weight excluding hydrogens is 420 g/mol. The molecule has 7 nitrogen and oxygen atoms in total. The smallest absolute Gasteiger partial charge is 0.259 e. The second-order valence-electron chi connectivity index (χ2n) is 7.52. The van der Waals surface area contributed by atoms with Gasteiger partial charge in [0.05, 0.1) is 17.7 Å². The summed E-state index contributed by atoms with van der Waals surface area (Å²) >= 11 is 3.22. The molecule has 2 aromatic rings. The molecular formula is C21H30N4O3S2. The van der Waals surface area contributed by atoms with E-state index in [2.05, 4.69) is 9.97 Å². The molecule has 0 fully saturated rings. The molecule has 1 aliphatic carbocycles. The molecule has 0 spiro atoms. The van der Waals surface area contributed by atoms with Crippen molar-refractivity contribution in [3.05, 3.63) is 26.6 Å². The molecule has 0 unspecified atom stereocenters. The number of aromatic nitrogens is 2. The Balaban J connectivity index is 1.50. The first-order valence-corrected chi connectivity index (χ1v) is 12.5. The number of hydrogen-bond donors (Lipinski definition) is 1. The second-order valence-corrected chi connectivity index (χ2v) is 9.71. The van der Waals surface area contributed by atoms with Crippen LogP contribution < -0.4 is 5.56 Å². The zero-order chi connectivity index (χ0) is 21.7. The van der Waals surface area contributed by atoms with Crippen LogP contribution in [0, 0.1) is 0 Å². The average molecular weight is 451 g/mol. The highest BCUT2D eigenvalue weighted by Gasteiger charge is 2.20. The number of amides is 2. The van der Waals surface area contributed by atoms with Crippen molar-refractivity contribution in [1.29, 1.82) is 0 Å². The maximum Gasteiger partial charge on any atom is 0.259 e. The van der Waals surface area contributed by atoms with E-state index in [1.54, 1.807) is 35.0 Å². The zero-order valence-corrected chi connectivity index (χ0v) is 19.6. The van der Waals surface area contributed by atoms with Gasteiger partial charge < -0.3 is 14.8 Å². The van der Waals surface area contributed by atoms with Gasteiger partial charge >= 0.3 is 0 Å². The summed E-state index contributed by atoms with van der Waals surface area (Å²) in [6.45, 7) is 5.27. The maximum atomic E-state index is 12.6. The van der Waals surface area contributed by atoms with Gasteiger partial charge in [0, 0.05) is 37.2 Å². The van der Waals surface area contributed by atoms with Crippen LogP contribution in [0.1, 0.15) is 49.4 Å². The Morgan fingerprint density at radius 1 is 1.17 bits per heavy atom. The van der Waals surface area contributed by atoms with Crippen LogP contribution in [0.4, 0.5) is 0 Å². The lowest BCUT2D eigenvalue weighted by Crippen LogP contribution is -2.41. The number of thiophene rings is 1. The van der Waals surface area contributed by atoms with Gasteiger partial charge in [-0.05, 0) is 45.1 Å². The molecule has 9 heteroatoms. The third-order valence-corrected chi connectivity index (χ3v) is 7.64. The van der Waals surface area contributed by atoms with E-state index >= 15 is 0 Å². The molecule has 0 saturated heterocycles. The average Bonchev–Trinajstić information content (AvgIpc) is 3.10. The fourth-order valence-electron chi connectivity index (χ4n) is 3.76. The first kappa shape index (κ1) is 22.8. The van der Waals surface area contributed by atoms with Gasteiger partial charge in [-0.15, -0.1) is 11.3 Å². The van der Waals surface area contributed by atoms with Crippen molar-refractivity contribution < 1.29 is 9.59 Å². The van der Waals surface area contributed by atoms with Crippen LogP contribution in [0.3, 0.4) is 0 Å². The fraction of sp³-hybridized carbons (Fsp3) is 0.619. The van der Waals surface area contributed by atoms with Crippen molar-refractivity contribution in [3.63, 3.8) is 0 Å². The predicted molar refractivity (Wildman–Crippen MR) is 123 cm³/mol. The molecule has 2 amide bonds. The Labute approximate surface area is 185 Å². The van der Waals surface area contributed by atoms with E-state index in [1.807, 2.05) is 13.8 Å². The molecule has 0 radical (unpaired) electrons. The number of fused-ring (bicyclic) bond motifs is 3. The Hall–Kier alpha value is -1.87. The van der Waals surface area contributed by atoms with Crippen LogP contribution >= 0.6 is 23.1 Å². The summed E-state index contributed by atoms with van der Waals surface area (Å²) in [5.74, 6) is 1.76. The largest absolute Gasteiger partial charge is 0.342 e. The molecule has 2 aromatic heterocycles.